The SMILES string of the molecule is COC(=O)c1ccc(OC(=O)c2oc3c(c2C)/C(=N/NC(=O)c2ccc(Br)cc2)CCC3)cc1. The van der Waals surface area contributed by atoms with Gasteiger partial charge in [-0.05, 0) is 68.3 Å². The number of aryl methyl sites for hydroxylation is 1. The lowest BCUT2D eigenvalue weighted by atomic mass is 9.93. The van der Waals surface area contributed by atoms with Gasteiger partial charge in [0.1, 0.15) is 11.5 Å². The van der Waals surface area contributed by atoms with Crippen molar-refractivity contribution in [3.8, 4) is 5.75 Å². The highest BCUT2D eigenvalue weighted by Crippen LogP contribution is 2.30. The summed E-state index contributed by atoms with van der Waals surface area (Å²) in [5, 5.41) is 4.32. The van der Waals surface area contributed by atoms with Crippen LogP contribution in [0.4, 0.5) is 0 Å². The van der Waals surface area contributed by atoms with Gasteiger partial charge in [0, 0.05) is 27.6 Å². The van der Waals surface area contributed by atoms with Gasteiger partial charge in [-0.3, -0.25) is 4.79 Å². The molecular formula is C25H21BrN2O6. The number of benzene rings is 2. The minimum atomic E-state index is -0.657. The Kier molecular flexibility index (Phi) is 6.93. The predicted molar refractivity (Wildman–Crippen MR) is 127 cm³/mol. The summed E-state index contributed by atoms with van der Waals surface area (Å²) in [6.07, 6.45) is 2.06. The number of fused-ring (bicyclic) bond motifs is 1. The molecule has 0 atom stereocenters. The zero-order chi connectivity index (χ0) is 24.2. The highest BCUT2D eigenvalue weighted by Gasteiger charge is 2.29. The first-order chi connectivity index (χ1) is 16.4. The molecule has 0 bridgehead atoms. The largest absolute Gasteiger partial charge is 0.465 e. The summed E-state index contributed by atoms with van der Waals surface area (Å²) in [4.78, 5) is 36.8. The first-order valence-corrected chi connectivity index (χ1v) is 11.3. The van der Waals surface area contributed by atoms with E-state index in [4.69, 9.17) is 9.15 Å². The molecule has 0 unspecified atom stereocenters. The maximum absolute atomic E-state index is 12.8. The van der Waals surface area contributed by atoms with Gasteiger partial charge in [0.2, 0.25) is 5.76 Å². The third-order valence-corrected chi connectivity index (χ3v) is 5.92. The molecule has 8 nitrogen and oxygen atoms in total. The second-order valence-electron chi connectivity index (χ2n) is 7.62. The summed E-state index contributed by atoms with van der Waals surface area (Å²) in [7, 11) is 1.29. The minimum absolute atomic E-state index is 0.0795. The zero-order valence-electron chi connectivity index (χ0n) is 18.5. The molecule has 0 fully saturated rings. The topological polar surface area (TPSA) is 107 Å². The van der Waals surface area contributed by atoms with Crippen molar-refractivity contribution in [1.82, 2.24) is 5.43 Å². The van der Waals surface area contributed by atoms with E-state index in [0.717, 1.165) is 16.5 Å². The molecule has 4 rings (SSSR count). The Morgan fingerprint density at radius 2 is 1.65 bits per heavy atom. The average molecular weight is 525 g/mol. The van der Waals surface area contributed by atoms with Crippen molar-refractivity contribution in [1.29, 1.82) is 0 Å². The van der Waals surface area contributed by atoms with Crippen LogP contribution in [0.1, 0.15) is 61.0 Å². The molecule has 0 radical (unpaired) electrons. The number of nitrogens with zero attached hydrogens (tertiary/aromatic N) is 1. The van der Waals surface area contributed by atoms with Crippen molar-refractivity contribution in [2.45, 2.75) is 26.2 Å². The first kappa shape index (κ1) is 23.4. The van der Waals surface area contributed by atoms with E-state index in [0.29, 0.717) is 41.0 Å². The lowest BCUT2D eigenvalue weighted by Gasteiger charge is -2.13. The van der Waals surface area contributed by atoms with E-state index in [1.807, 2.05) is 0 Å². The summed E-state index contributed by atoms with van der Waals surface area (Å²) in [5.41, 5.74) is 5.38. The molecule has 3 aromatic rings. The summed E-state index contributed by atoms with van der Waals surface area (Å²) in [6, 6.07) is 13.0. The Morgan fingerprint density at radius 3 is 2.32 bits per heavy atom. The number of halogens is 1. The van der Waals surface area contributed by atoms with Crippen LogP contribution < -0.4 is 10.2 Å². The van der Waals surface area contributed by atoms with Crippen molar-refractivity contribution in [2.75, 3.05) is 7.11 Å². The fourth-order valence-corrected chi connectivity index (χ4v) is 3.95. The minimum Gasteiger partial charge on any atom is -0.465 e. The molecule has 1 N–H and O–H groups in total. The van der Waals surface area contributed by atoms with Crippen LogP contribution >= 0.6 is 15.9 Å². The fourth-order valence-electron chi connectivity index (χ4n) is 3.69. The summed E-state index contributed by atoms with van der Waals surface area (Å²) < 4.78 is 16.8. The number of ether oxygens (including phenoxy) is 2. The molecule has 1 aromatic heterocycles. The molecule has 174 valence electrons. The third kappa shape index (κ3) is 4.94. The van der Waals surface area contributed by atoms with E-state index in [9.17, 15) is 14.4 Å². The van der Waals surface area contributed by atoms with Crippen molar-refractivity contribution in [2.24, 2.45) is 5.10 Å². The Hall–Kier alpha value is -3.72. The molecule has 1 aliphatic carbocycles. The zero-order valence-corrected chi connectivity index (χ0v) is 20.1. The van der Waals surface area contributed by atoms with E-state index in [-0.39, 0.29) is 17.4 Å². The second kappa shape index (κ2) is 10.0. The van der Waals surface area contributed by atoms with Crippen molar-refractivity contribution in [3.63, 3.8) is 0 Å². The van der Waals surface area contributed by atoms with E-state index in [2.05, 4.69) is 31.2 Å². The molecule has 34 heavy (non-hydrogen) atoms. The van der Waals surface area contributed by atoms with Crippen LogP contribution in [-0.2, 0) is 11.2 Å². The van der Waals surface area contributed by atoms with Crippen LogP contribution in [0.3, 0.4) is 0 Å². The fraction of sp³-hybridized carbons (Fsp3) is 0.200. The van der Waals surface area contributed by atoms with Gasteiger partial charge in [0.25, 0.3) is 5.91 Å². The monoisotopic (exact) mass is 524 g/mol. The number of carbonyl (C=O) groups excluding carboxylic acids is 3. The van der Waals surface area contributed by atoms with Gasteiger partial charge in [0.05, 0.1) is 18.4 Å². The second-order valence-corrected chi connectivity index (χ2v) is 8.54. The Bertz CT molecular complexity index is 1280. The number of methoxy groups -OCH3 is 1. The smallest absolute Gasteiger partial charge is 0.379 e. The van der Waals surface area contributed by atoms with Gasteiger partial charge in [-0.25, -0.2) is 15.0 Å². The molecule has 1 aliphatic rings. The summed E-state index contributed by atoms with van der Waals surface area (Å²) >= 11 is 3.34. The normalized spacial score (nSPS) is 13.8. The number of amides is 1. The van der Waals surface area contributed by atoms with E-state index < -0.39 is 11.9 Å². The van der Waals surface area contributed by atoms with Crippen molar-refractivity contribution >= 4 is 39.5 Å². The quantitative estimate of drug-likeness (QED) is 0.291. The van der Waals surface area contributed by atoms with E-state index in [1.54, 1.807) is 31.2 Å². The van der Waals surface area contributed by atoms with Crippen molar-refractivity contribution in [3.05, 3.63) is 86.8 Å². The van der Waals surface area contributed by atoms with Crippen LogP contribution in [0.5, 0.6) is 5.75 Å². The summed E-state index contributed by atoms with van der Waals surface area (Å²) in [6.45, 7) is 1.76. The van der Waals surface area contributed by atoms with Crippen LogP contribution in [-0.4, -0.2) is 30.7 Å². The van der Waals surface area contributed by atoms with Crippen LogP contribution in [0.2, 0.25) is 0 Å². The van der Waals surface area contributed by atoms with Crippen LogP contribution in [0, 0.1) is 6.92 Å². The maximum atomic E-state index is 12.8. The first-order valence-electron chi connectivity index (χ1n) is 10.5. The Labute approximate surface area is 204 Å². The van der Waals surface area contributed by atoms with Crippen LogP contribution in [0.15, 0.2) is 62.5 Å². The molecule has 1 amide bonds. The molecule has 0 saturated heterocycles. The van der Waals surface area contributed by atoms with Crippen LogP contribution in [0.25, 0.3) is 0 Å². The van der Waals surface area contributed by atoms with Gasteiger partial charge in [0.15, 0.2) is 0 Å². The van der Waals surface area contributed by atoms with E-state index >= 15 is 0 Å². The van der Waals surface area contributed by atoms with Crippen molar-refractivity contribution < 1.29 is 28.3 Å². The molecule has 1 heterocycles. The summed E-state index contributed by atoms with van der Waals surface area (Å²) in [5.74, 6) is -0.489. The third-order valence-electron chi connectivity index (χ3n) is 5.40. The van der Waals surface area contributed by atoms with Gasteiger partial charge in [-0.2, -0.15) is 5.10 Å². The van der Waals surface area contributed by atoms with Gasteiger partial charge < -0.3 is 13.9 Å². The standard InChI is InChI=1S/C25H21BrN2O6/c1-14-21-19(27-28-23(29)15-6-10-17(26)11-7-15)4-3-5-20(21)34-22(14)25(31)33-18-12-8-16(9-13-18)24(30)32-2/h6-13H,3-5H2,1-2H3,(H,28,29)/b27-19+. The molecule has 0 aliphatic heterocycles. The molecule has 0 spiro atoms. The van der Waals surface area contributed by atoms with Gasteiger partial charge >= 0.3 is 11.9 Å². The molecule has 0 saturated carbocycles. The predicted octanol–water partition coefficient (Wildman–Crippen LogP) is 4.83. The molecule has 2 aromatic carbocycles. The molecule has 9 heteroatoms. The highest BCUT2D eigenvalue weighted by molar-refractivity contribution is 9.10. The maximum Gasteiger partial charge on any atom is 0.379 e. The number of nitrogens with one attached hydrogen (secondary N) is 1. The number of esters is 2. The number of rotatable bonds is 5. The number of hydrogen-bond donors (Lipinski definition) is 1. The molecular weight excluding hydrogens is 504 g/mol. The number of hydrogen-bond acceptors (Lipinski definition) is 7. The number of furan rings is 1. The van der Waals surface area contributed by atoms with Gasteiger partial charge in [-0.15, -0.1) is 0 Å². The number of carbonyl (C=O) groups is 3. The van der Waals surface area contributed by atoms with Gasteiger partial charge in [-0.1, -0.05) is 15.9 Å². The number of hydrazone groups is 1. The lowest BCUT2D eigenvalue weighted by Crippen LogP contribution is -2.22. The Morgan fingerprint density at radius 1 is 0.971 bits per heavy atom. The lowest BCUT2D eigenvalue weighted by molar-refractivity contribution is 0.0600. The highest BCUT2D eigenvalue weighted by atomic mass is 79.9. The average Bonchev–Trinajstić information content (AvgIpc) is 3.20. The Balaban J connectivity index is 1.52. The van der Waals surface area contributed by atoms with E-state index in [1.165, 1.54) is 31.4 Å².